The van der Waals surface area contributed by atoms with Gasteiger partial charge in [0.2, 0.25) is 0 Å². The monoisotopic (exact) mass is 1150 g/mol. The lowest BCUT2D eigenvalue weighted by molar-refractivity contribution is 1.15. The molecule has 0 saturated carbocycles. The van der Waals surface area contributed by atoms with Gasteiger partial charge in [-0.3, -0.25) is 0 Å². The van der Waals surface area contributed by atoms with Gasteiger partial charge >= 0.3 is 0 Å². The fraction of sp³-hybridized carbons (Fsp3) is 0. The molecule has 0 unspecified atom stereocenters. The smallest absolute Gasteiger partial charge is 0.0795 e. The van der Waals surface area contributed by atoms with Crippen LogP contribution < -0.4 is 0 Å². The maximum absolute atomic E-state index is 3.76. The summed E-state index contributed by atoms with van der Waals surface area (Å²) < 4.78 is 8.47. The highest BCUT2D eigenvalue weighted by Gasteiger charge is 2.25. The van der Waals surface area contributed by atoms with Gasteiger partial charge in [-0.2, -0.15) is 0 Å². The second-order valence-electron chi connectivity index (χ2n) is 21.7. The fourth-order valence-corrected chi connectivity index (χ4v) is 13.6. The Hall–Kier alpha value is -10.7. The van der Waals surface area contributed by atoms with E-state index in [0.717, 1.165) is 15.8 Å². The predicted octanol–water partition coefficient (Wildman–Crippen LogP) is 22.4. The molecule has 0 amide bonds. The Bertz CT molecular complexity index is 5510. The zero-order valence-corrected chi connectivity index (χ0v) is 47.8. The minimum atomic E-state index is 1.12. The molecular weight excluding hydrogens is 1100 g/mol. The molecule has 18 aromatic rings. The van der Waals surface area contributed by atoms with Crippen LogP contribution in [0.15, 0.2) is 320 Å². The first-order valence-electron chi connectivity index (χ1n) is 29.0. The van der Waals surface area contributed by atoms with Gasteiger partial charge in [0.25, 0.3) is 0 Å². The Kier molecular flexibility index (Phi) is 12.3. The third-order valence-corrected chi connectivity index (χ3v) is 17.5. The van der Waals surface area contributed by atoms with E-state index in [1.807, 2.05) is 6.07 Å². The van der Waals surface area contributed by atoms with Crippen LogP contribution in [-0.2, 0) is 0 Å². The lowest BCUT2D eigenvalue weighted by Crippen LogP contribution is -1.99. The summed E-state index contributed by atoms with van der Waals surface area (Å²) in [7, 11) is 0. The van der Waals surface area contributed by atoms with Crippen LogP contribution in [0, 0.1) is 0 Å². The number of fused-ring (bicyclic) bond motifs is 20. The molecule has 0 fully saturated rings. The molecule has 0 bridgehead atoms. The van der Waals surface area contributed by atoms with Crippen LogP contribution in [0.4, 0.5) is 0 Å². The third-order valence-electron chi connectivity index (χ3n) is 16.9. The number of hydrogen-bond donors (Lipinski definition) is 1. The van der Waals surface area contributed by atoms with Crippen LogP contribution in [0.3, 0.4) is 0 Å². The first kappa shape index (κ1) is 50.0. The van der Waals surface area contributed by atoms with E-state index in [9.17, 15) is 0 Å². The number of aromatic amines is 1. The third kappa shape index (κ3) is 8.34. The molecule has 0 atom stereocenters. The maximum Gasteiger partial charge on any atom is 0.0795 e. The summed E-state index contributed by atoms with van der Waals surface area (Å²) in [6.45, 7) is 0. The molecule has 0 aliphatic rings. The van der Waals surface area contributed by atoms with Crippen LogP contribution in [-0.4, -0.2) is 18.7 Å². The number of para-hydroxylation sites is 6. The van der Waals surface area contributed by atoms with Crippen molar-refractivity contribution in [2.24, 2.45) is 0 Å². The quantitative estimate of drug-likeness (QED) is 0.178. The summed E-state index contributed by atoms with van der Waals surface area (Å²) >= 11 is 3.42. The van der Waals surface area contributed by atoms with Crippen LogP contribution >= 0.6 is 15.9 Å². The van der Waals surface area contributed by atoms with E-state index in [1.165, 1.54) is 137 Å². The molecule has 4 aromatic heterocycles. The van der Waals surface area contributed by atoms with E-state index in [-0.39, 0.29) is 0 Å². The normalized spacial score (nSPS) is 11.6. The predicted molar refractivity (Wildman–Crippen MR) is 365 cm³/mol. The first-order valence-corrected chi connectivity index (χ1v) is 29.7. The molecule has 0 aliphatic heterocycles. The zero-order chi connectivity index (χ0) is 56.4. The Morgan fingerprint density at radius 1 is 0.224 bits per heavy atom. The number of nitrogens with one attached hydrogen (secondary N) is 1. The van der Waals surface area contributed by atoms with E-state index in [1.54, 1.807) is 0 Å². The summed E-state index contributed by atoms with van der Waals surface area (Å²) in [6, 6.07) is 113. The SMILES string of the molecule is Brc1ccc(-c2ccccc2)cc1.c1ccc(-c2ccc(-n3c4ccccc4c4c5ccccc5c5c6ccccc6n(-c6ccccc6)c5c43)cc2)cc1.c1ccc(-n2c3ccccc3c3c4ccccc4c4c5ccccc5[nH]c4c32)cc1. The van der Waals surface area contributed by atoms with E-state index >= 15 is 0 Å². The summed E-state index contributed by atoms with van der Waals surface area (Å²) in [4.78, 5) is 3.76. The number of benzene rings is 14. The van der Waals surface area contributed by atoms with Gasteiger partial charge in [-0.1, -0.05) is 259 Å². The van der Waals surface area contributed by atoms with Crippen molar-refractivity contribution in [2.45, 2.75) is 0 Å². The average Bonchev–Trinajstić information content (AvgIpc) is 1.59. The topological polar surface area (TPSA) is 30.6 Å². The number of H-pyrrole nitrogens is 1. The summed E-state index contributed by atoms with van der Waals surface area (Å²) in [6.07, 6.45) is 0. The number of nitrogens with zero attached hydrogens (tertiary/aromatic N) is 3. The van der Waals surface area contributed by atoms with Gasteiger partial charge in [0.05, 0.1) is 38.6 Å². The summed E-state index contributed by atoms with van der Waals surface area (Å²) in [5.74, 6) is 0. The van der Waals surface area contributed by atoms with Crippen LogP contribution in [0.25, 0.3) is 148 Å². The van der Waals surface area contributed by atoms with Crippen molar-refractivity contribution in [3.8, 4) is 39.3 Å². The van der Waals surface area contributed by atoms with Gasteiger partial charge in [-0.15, -0.1) is 0 Å². The Balaban J connectivity index is 0.000000118. The number of aromatic nitrogens is 4. The summed E-state index contributed by atoms with van der Waals surface area (Å²) in [5, 5.41) is 15.5. The molecule has 0 saturated heterocycles. The molecule has 85 heavy (non-hydrogen) atoms. The van der Waals surface area contributed by atoms with Crippen molar-refractivity contribution in [3.63, 3.8) is 0 Å². The van der Waals surface area contributed by atoms with Crippen molar-refractivity contribution < 1.29 is 0 Å². The molecule has 4 heterocycles. The highest BCUT2D eigenvalue weighted by molar-refractivity contribution is 9.10. The molecule has 14 aromatic carbocycles. The van der Waals surface area contributed by atoms with Gasteiger partial charge in [-0.05, 0) is 117 Å². The highest BCUT2D eigenvalue weighted by Crippen LogP contribution is 2.48. The van der Waals surface area contributed by atoms with Gasteiger partial charge < -0.3 is 18.7 Å². The number of halogens is 1. The standard InChI is InChI=1S/C40H26N2.C28H18N2.C12H9Br/c1-3-13-27(14-4-1)28-23-25-30(26-24-28)42-36-22-12-10-20-34(36)38-32-18-8-7-17-31(32)37-33-19-9-11-21-35(33)41(39(37)40(38)42)29-15-5-2-6-16-29;1-2-10-18(11-3-1)30-24-17-9-7-15-22(24)26-20-13-5-4-12-19(20)25-21-14-6-8-16-23(21)29-27(25)28(26)30;13-12-8-6-11(7-9-12)10-4-2-1-3-5-10/h1-26H;1-17,29H;1-9H. The number of rotatable bonds is 5. The van der Waals surface area contributed by atoms with Gasteiger partial charge in [0.1, 0.15) is 0 Å². The molecule has 4 nitrogen and oxygen atoms in total. The van der Waals surface area contributed by atoms with Crippen molar-refractivity contribution >= 4 is 125 Å². The molecule has 0 radical (unpaired) electrons. The molecule has 5 heteroatoms. The average molecular weight is 1150 g/mol. The Morgan fingerprint density at radius 3 is 0.953 bits per heavy atom. The van der Waals surface area contributed by atoms with Crippen LogP contribution in [0.1, 0.15) is 0 Å². The molecule has 18 rings (SSSR count). The van der Waals surface area contributed by atoms with Crippen molar-refractivity contribution in [1.29, 1.82) is 0 Å². The van der Waals surface area contributed by atoms with Crippen LogP contribution in [0.5, 0.6) is 0 Å². The second-order valence-corrected chi connectivity index (χ2v) is 22.6. The van der Waals surface area contributed by atoms with E-state index in [2.05, 4.69) is 344 Å². The van der Waals surface area contributed by atoms with Crippen molar-refractivity contribution in [2.75, 3.05) is 0 Å². The fourth-order valence-electron chi connectivity index (χ4n) is 13.3. The largest absolute Gasteiger partial charge is 0.353 e. The Labute approximate surface area is 499 Å². The zero-order valence-electron chi connectivity index (χ0n) is 46.2. The minimum Gasteiger partial charge on any atom is -0.353 e. The van der Waals surface area contributed by atoms with E-state index in [4.69, 9.17) is 0 Å². The van der Waals surface area contributed by atoms with E-state index < -0.39 is 0 Å². The minimum absolute atomic E-state index is 1.12. The molecule has 1 N–H and O–H groups in total. The first-order chi connectivity index (χ1) is 42.2. The molecule has 400 valence electrons. The van der Waals surface area contributed by atoms with Gasteiger partial charge in [-0.25, -0.2) is 0 Å². The Morgan fingerprint density at radius 2 is 0.518 bits per heavy atom. The van der Waals surface area contributed by atoms with Crippen molar-refractivity contribution in [3.05, 3.63) is 320 Å². The highest BCUT2D eigenvalue weighted by atomic mass is 79.9. The maximum atomic E-state index is 3.76. The van der Waals surface area contributed by atoms with Crippen LogP contribution in [0.2, 0.25) is 0 Å². The lowest BCUT2D eigenvalue weighted by Gasteiger charge is -2.14. The van der Waals surface area contributed by atoms with E-state index in [0.29, 0.717) is 0 Å². The summed E-state index contributed by atoms with van der Waals surface area (Å²) in [5.41, 5.74) is 18.2. The lowest BCUT2D eigenvalue weighted by atomic mass is 9.98. The second kappa shape index (κ2) is 20.9. The van der Waals surface area contributed by atoms with Gasteiger partial charge in [0, 0.05) is 70.1 Å². The molecule has 0 spiro atoms. The van der Waals surface area contributed by atoms with Crippen molar-refractivity contribution in [1.82, 2.24) is 18.7 Å². The number of hydrogen-bond acceptors (Lipinski definition) is 0. The van der Waals surface area contributed by atoms with Gasteiger partial charge in [0.15, 0.2) is 0 Å². The molecular formula is C80H53BrN4. The molecule has 0 aliphatic carbocycles.